The maximum atomic E-state index is 10.1. The largest absolute Gasteiger partial charge is 0.507 e. The van der Waals surface area contributed by atoms with Crippen LogP contribution in [0.1, 0.15) is 16.7 Å². The van der Waals surface area contributed by atoms with Crippen molar-refractivity contribution in [1.82, 2.24) is 0 Å². The molecule has 19 heavy (non-hydrogen) atoms. The van der Waals surface area contributed by atoms with Gasteiger partial charge in [-0.05, 0) is 38.0 Å². The molecule has 0 radical (unpaired) electrons. The van der Waals surface area contributed by atoms with Crippen LogP contribution in [0.15, 0.2) is 40.8 Å². The Morgan fingerprint density at radius 3 is 2.26 bits per heavy atom. The van der Waals surface area contributed by atoms with E-state index in [0.717, 1.165) is 39.0 Å². The molecule has 0 unspecified atom stereocenters. The van der Waals surface area contributed by atoms with Crippen LogP contribution in [-0.4, -0.2) is 5.11 Å². The van der Waals surface area contributed by atoms with Crippen molar-refractivity contribution in [2.45, 2.75) is 20.8 Å². The van der Waals surface area contributed by atoms with Crippen LogP contribution in [0.2, 0.25) is 0 Å². The summed E-state index contributed by atoms with van der Waals surface area (Å²) in [5.41, 5.74) is 4.68. The predicted molar refractivity (Wildman–Crippen MR) is 77.5 cm³/mol. The molecule has 1 heterocycles. The van der Waals surface area contributed by atoms with Crippen molar-refractivity contribution in [2.75, 3.05) is 0 Å². The molecule has 0 spiro atoms. The fourth-order valence-corrected chi connectivity index (χ4v) is 2.45. The average Bonchev–Trinajstić information content (AvgIpc) is 2.89. The summed E-state index contributed by atoms with van der Waals surface area (Å²) in [4.78, 5) is 0. The fourth-order valence-electron chi connectivity index (χ4n) is 2.45. The Kier molecular flexibility index (Phi) is 2.59. The Hall–Kier alpha value is -2.22. The molecule has 0 saturated carbocycles. The van der Waals surface area contributed by atoms with Crippen molar-refractivity contribution < 1.29 is 9.52 Å². The minimum atomic E-state index is 0.366. The summed E-state index contributed by atoms with van der Waals surface area (Å²) in [7, 11) is 0. The zero-order valence-electron chi connectivity index (χ0n) is 11.3. The molecule has 96 valence electrons. The lowest BCUT2D eigenvalue weighted by atomic mass is 10.0. The second-order valence-electron chi connectivity index (χ2n) is 4.94. The summed E-state index contributed by atoms with van der Waals surface area (Å²) in [6.07, 6.45) is 0. The third-order valence-electron chi connectivity index (χ3n) is 3.81. The molecule has 1 aromatic heterocycles. The van der Waals surface area contributed by atoms with E-state index in [4.69, 9.17) is 4.42 Å². The summed E-state index contributed by atoms with van der Waals surface area (Å²) in [5, 5.41) is 11.1. The highest BCUT2D eigenvalue weighted by Gasteiger charge is 2.16. The number of aryl methyl sites for hydroxylation is 2. The molecule has 0 fully saturated rings. The first-order valence-electron chi connectivity index (χ1n) is 6.37. The zero-order valence-corrected chi connectivity index (χ0v) is 11.3. The number of fused-ring (bicyclic) bond motifs is 1. The van der Waals surface area contributed by atoms with Crippen molar-refractivity contribution in [1.29, 1.82) is 0 Å². The van der Waals surface area contributed by atoms with Crippen molar-refractivity contribution in [3.8, 4) is 17.1 Å². The normalized spacial score (nSPS) is 11.1. The number of hydrogen-bond donors (Lipinski definition) is 1. The van der Waals surface area contributed by atoms with E-state index < -0.39 is 0 Å². The first kappa shape index (κ1) is 11.8. The smallest absolute Gasteiger partial charge is 0.138 e. The third kappa shape index (κ3) is 1.72. The van der Waals surface area contributed by atoms with Gasteiger partial charge >= 0.3 is 0 Å². The number of furan rings is 1. The van der Waals surface area contributed by atoms with E-state index in [2.05, 4.69) is 0 Å². The van der Waals surface area contributed by atoms with Gasteiger partial charge in [0.05, 0.1) is 0 Å². The van der Waals surface area contributed by atoms with Crippen molar-refractivity contribution in [2.24, 2.45) is 0 Å². The first-order chi connectivity index (χ1) is 9.09. The van der Waals surface area contributed by atoms with Gasteiger partial charge in [-0.2, -0.15) is 0 Å². The minimum absolute atomic E-state index is 0.366. The van der Waals surface area contributed by atoms with Crippen LogP contribution in [0.5, 0.6) is 5.75 Å². The minimum Gasteiger partial charge on any atom is -0.507 e. The van der Waals surface area contributed by atoms with Crippen LogP contribution >= 0.6 is 0 Å². The molecule has 0 aliphatic rings. The summed E-state index contributed by atoms with van der Waals surface area (Å²) < 4.78 is 5.99. The van der Waals surface area contributed by atoms with Crippen molar-refractivity contribution >= 4 is 11.0 Å². The third-order valence-corrected chi connectivity index (χ3v) is 3.81. The van der Waals surface area contributed by atoms with E-state index in [1.165, 1.54) is 0 Å². The fraction of sp³-hybridized carbons (Fsp3) is 0.176. The molecule has 0 aliphatic carbocycles. The Balaban J connectivity index is 2.33. The summed E-state index contributed by atoms with van der Waals surface area (Å²) >= 11 is 0. The highest BCUT2D eigenvalue weighted by atomic mass is 16.3. The zero-order chi connectivity index (χ0) is 13.6. The van der Waals surface area contributed by atoms with E-state index in [9.17, 15) is 5.11 Å². The maximum Gasteiger partial charge on any atom is 0.138 e. The second-order valence-corrected chi connectivity index (χ2v) is 4.94. The molecule has 3 rings (SSSR count). The van der Waals surface area contributed by atoms with Gasteiger partial charge in [0.25, 0.3) is 0 Å². The van der Waals surface area contributed by atoms with Crippen LogP contribution in [0, 0.1) is 20.8 Å². The number of aromatic hydroxyl groups is 1. The Bertz CT molecular complexity index is 707. The lowest BCUT2D eigenvalue weighted by molar-refractivity contribution is 0.467. The Morgan fingerprint density at radius 1 is 0.895 bits per heavy atom. The number of hydrogen-bond acceptors (Lipinski definition) is 2. The van der Waals surface area contributed by atoms with E-state index in [1.54, 1.807) is 0 Å². The Morgan fingerprint density at radius 2 is 1.58 bits per heavy atom. The summed E-state index contributed by atoms with van der Waals surface area (Å²) in [6.45, 7) is 5.82. The molecule has 0 saturated heterocycles. The van der Waals surface area contributed by atoms with Gasteiger partial charge in [-0.3, -0.25) is 0 Å². The van der Waals surface area contributed by atoms with Crippen LogP contribution in [-0.2, 0) is 0 Å². The average molecular weight is 252 g/mol. The molecule has 2 heteroatoms. The SMILES string of the molecule is Cc1c(O)c(C)c2cc(-c3ccccc3)oc2c1C. The Labute approximate surface area is 112 Å². The van der Waals surface area contributed by atoms with Gasteiger partial charge in [-0.1, -0.05) is 30.3 Å². The highest BCUT2D eigenvalue weighted by molar-refractivity contribution is 5.91. The van der Waals surface area contributed by atoms with Crippen LogP contribution in [0.25, 0.3) is 22.3 Å². The molecule has 0 bridgehead atoms. The van der Waals surface area contributed by atoms with Gasteiger partial charge in [-0.25, -0.2) is 0 Å². The standard InChI is InChI=1S/C17H16O2/c1-10-11(2)17-14(12(3)16(10)18)9-15(19-17)13-7-5-4-6-8-13/h4-9,18H,1-3H3. The number of phenolic OH excluding ortho intramolecular Hbond substituents is 1. The quantitative estimate of drug-likeness (QED) is 0.679. The van der Waals surface area contributed by atoms with Gasteiger partial charge in [0.1, 0.15) is 17.1 Å². The highest BCUT2D eigenvalue weighted by Crippen LogP contribution is 2.38. The summed E-state index contributed by atoms with van der Waals surface area (Å²) in [6, 6.07) is 12.0. The second kappa shape index (κ2) is 4.16. The number of phenols is 1. The lowest BCUT2D eigenvalue weighted by Gasteiger charge is -2.07. The summed E-state index contributed by atoms with van der Waals surface area (Å²) in [5.74, 6) is 1.21. The van der Waals surface area contributed by atoms with Crippen LogP contribution in [0.4, 0.5) is 0 Å². The van der Waals surface area contributed by atoms with Gasteiger partial charge in [0, 0.05) is 16.5 Å². The van der Waals surface area contributed by atoms with Crippen LogP contribution < -0.4 is 0 Å². The molecule has 2 nitrogen and oxygen atoms in total. The molecule has 0 amide bonds. The van der Waals surface area contributed by atoms with Crippen molar-refractivity contribution in [3.05, 3.63) is 53.1 Å². The molecule has 2 aromatic carbocycles. The van der Waals surface area contributed by atoms with E-state index in [-0.39, 0.29) is 0 Å². The molecule has 0 aliphatic heterocycles. The van der Waals surface area contributed by atoms with E-state index >= 15 is 0 Å². The van der Waals surface area contributed by atoms with E-state index in [0.29, 0.717) is 5.75 Å². The molecular weight excluding hydrogens is 236 g/mol. The van der Waals surface area contributed by atoms with Crippen LogP contribution in [0.3, 0.4) is 0 Å². The first-order valence-corrected chi connectivity index (χ1v) is 6.37. The molecule has 3 aromatic rings. The number of rotatable bonds is 1. The molecule has 0 atom stereocenters. The monoisotopic (exact) mass is 252 g/mol. The van der Waals surface area contributed by atoms with Gasteiger partial charge in [0.2, 0.25) is 0 Å². The van der Waals surface area contributed by atoms with Gasteiger partial charge in [-0.15, -0.1) is 0 Å². The molecule has 1 N–H and O–H groups in total. The number of benzene rings is 2. The van der Waals surface area contributed by atoms with Gasteiger partial charge < -0.3 is 9.52 Å². The van der Waals surface area contributed by atoms with Gasteiger partial charge in [0.15, 0.2) is 0 Å². The van der Waals surface area contributed by atoms with Crippen molar-refractivity contribution in [3.63, 3.8) is 0 Å². The van der Waals surface area contributed by atoms with E-state index in [1.807, 2.05) is 57.2 Å². The topological polar surface area (TPSA) is 33.4 Å². The molecular formula is C17H16O2. The lowest BCUT2D eigenvalue weighted by Crippen LogP contribution is -1.86. The maximum absolute atomic E-state index is 10.1. The predicted octanol–water partition coefficient (Wildman–Crippen LogP) is 4.73.